The Labute approximate surface area is 115 Å². The van der Waals surface area contributed by atoms with E-state index in [-0.39, 0.29) is 5.69 Å². The number of nitriles is 1. The number of rotatable bonds is 2. The average molecular weight is 296 g/mol. The molecular weight excluding hydrogens is 289 g/mol. The van der Waals surface area contributed by atoms with Gasteiger partial charge < -0.3 is 0 Å². The number of para-hydroxylation sites is 1. The molecule has 0 saturated heterocycles. The normalized spacial score (nSPS) is 11.0. The third kappa shape index (κ3) is 2.94. The molecule has 0 saturated carbocycles. The number of halogens is 3. The van der Waals surface area contributed by atoms with Crippen LogP contribution < -0.4 is 16.7 Å². The van der Waals surface area contributed by atoms with Crippen molar-refractivity contribution < 1.29 is 13.2 Å². The van der Waals surface area contributed by atoms with Crippen LogP contribution in [0.5, 0.6) is 0 Å². The van der Waals surface area contributed by atoms with Gasteiger partial charge in [0, 0.05) is 0 Å². The van der Waals surface area contributed by atoms with Crippen LogP contribution in [0.3, 0.4) is 0 Å². The summed E-state index contributed by atoms with van der Waals surface area (Å²) in [6.45, 7) is 0. The molecule has 0 amide bonds. The lowest BCUT2D eigenvalue weighted by molar-refractivity contribution is -0.137. The lowest BCUT2D eigenvalue weighted by Crippen LogP contribution is -2.35. The van der Waals surface area contributed by atoms with Gasteiger partial charge in [0.1, 0.15) is 11.6 Å². The molecule has 0 aliphatic heterocycles. The largest absolute Gasteiger partial charge is 0.418 e. The molecule has 0 atom stereocenters. The molecular formula is C12H7F3N4O2. The number of aromatic amines is 1. The Morgan fingerprint density at radius 2 is 1.90 bits per heavy atom. The molecule has 0 spiro atoms. The van der Waals surface area contributed by atoms with Crippen LogP contribution in [0.4, 0.5) is 18.9 Å². The Morgan fingerprint density at radius 3 is 2.52 bits per heavy atom. The van der Waals surface area contributed by atoms with Crippen LogP contribution in [-0.2, 0) is 6.18 Å². The van der Waals surface area contributed by atoms with Crippen LogP contribution >= 0.6 is 0 Å². The predicted molar refractivity (Wildman–Crippen MR) is 66.5 cm³/mol. The first-order chi connectivity index (χ1) is 9.82. The van der Waals surface area contributed by atoms with E-state index in [4.69, 9.17) is 5.26 Å². The first-order valence-electron chi connectivity index (χ1n) is 5.52. The number of H-pyrrole nitrogens is 1. The van der Waals surface area contributed by atoms with Crippen molar-refractivity contribution in [3.63, 3.8) is 0 Å². The van der Waals surface area contributed by atoms with Gasteiger partial charge >= 0.3 is 11.9 Å². The summed E-state index contributed by atoms with van der Waals surface area (Å²) in [5, 5.41) is 8.69. The van der Waals surface area contributed by atoms with Crippen LogP contribution in [0, 0.1) is 11.3 Å². The van der Waals surface area contributed by atoms with Crippen LogP contribution in [0.15, 0.2) is 40.1 Å². The molecule has 0 aliphatic rings. The zero-order valence-electron chi connectivity index (χ0n) is 10.2. The minimum absolute atomic E-state index is 0.386. The first-order valence-corrected chi connectivity index (χ1v) is 5.52. The Kier molecular flexibility index (Phi) is 3.54. The summed E-state index contributed by atoms with van der Waals surface area (Å²) in [5.74, 6) is 0. The summed E-state index contributed by atoms with van der Waals surface area (Å²) in [7, 11) is 0. The fourth-order valence-corrected chi connectivity index (χ4v) is 1.59. The second-order valence-corrected chi connectivity index (χ2v) is 3.94. The van der Waals surface area contributed by atoms with E-state index in [0.717, 1.165) is 18.3 Å². The van der Waals surface area contributed by atoms with Crippen molar-refractivity contribution in [1.82, 2.24) is 9.66 Å². The van der Waals surface area contributed by atoms with Crippen molar-refractivity contribution in [2.75, 3.05) is 5.43 Å². The molecule has 0 unspecified atom stereocenters. The van der Waals surface area contributed by atoms with Crippen molar-refractivity contribution in [3.8, 4) is 6.07 Å². The number of benzene rings is 1. The number of nitrogens with zero attached hydrogens (tertiary/aromatic N) is 2. The number of hydrogen-bond acceptors (Lipinski definition) is 4. The summed E-state index contributed by atoms with van der Waals surface area (Å²) >= 11 is 0. The topological polar surface area (TPSA) is 90.7 Å². The highest BCUT2D eigenvalue weighted by molar-refractivity contribution is 5.52. The van der Waals surface area contributed by atoms with E-state index in [2.05, 4.69) is 5.43 Å². The molecule has 2 aromatic rings. The van der Waals surface area contributed by atoms with Gasteiger partial charge in [0.15, 0.2) is 0 Å². The highest BCUT2D eigenvalue weighted by Crippen LogP contribution is 2.34. The minimum atomic E-state index is -4.62. The molecule has 1 aromatic heterocycles. The van der Waals surface area contributed by atoms with Crippen LogP contribution in [0.1, 0.15) is 11.1 Å². The third-order valence-electron chi connectivity index (χ3n) is 2.54. The molecule has 9 heteroatoms. The highest BCUT2D eigenvalue weighted by atomic mass is 19.4. The molecule has 1 heterocycles. The number of anilines is 1. The summed E-state index contributed by atoms with van der Waals surface area (Å²) in [4.78, 5) is 24.6. The van der Waals surface area contributed by atoms with Crippen LogP contribution in [0.25, 0.3) is 0 Å². The van der Waals surface area contributed by atoms with E-state index in [9.17, 15) is 22.8 Å². The molecule has 1 aromatic carbocycles. The summed E-state index contributed by atoms with van der Waals surface area (Å²) in [6, 6.07) is 6.03. The average Bonchev–Trinajstić information content (AvgIpc) is 2.41. The van der Waals surface area contributed by atoms with E-state index < -0.39 is 28.6 Å². The fraction of sp³-hybridized carbons (Fsp3) is 0.0833. The Hall–Kier alpha value is -3.02. The van der Waals surface area contributed by atoms with Gasteiger partial charge in [0.25, 0.3) is 5.56 Å². The van der Waals surface area contributed by atoms with Gasteiger partial charge in [-0.2, -0.15) is 18.4 Å². The summed E-state index contributed by atoms with van der Waals surface area (Å²) < 4.78 is 39.1. The fourth-order valence-electron chi connectivity index (χ4n) is 1.59. The van der Waals surface area contributed by atoms with Crippen molar-refractivity contribution in [3.05, 3.63) is 62.4 Å². The predicted octanol–water partition coefficient (Wildman–Crippen LogP) is 1.30. The van der Waals surface area contributed by atoms with Crippen molar-refractivity contribution in [2.45, 2.75) is 6.18 Å². The third-order valence-corrected chi connectivity index (χ3v) is 2.54. The quantitative estimate of drug-likeness (QED) is 0.874. The second-order valence-electron chi connectivity index (χ2n) is 3.94. The van der Waals surface area contributed by atoms with Crippen LogP contribution in [-0.4, -0.2) is 9.66 Å². The van der Waals surface area contributed by atoms with Crippen molar-refractivity contribution in [1.29, 1.82) is 5.26 Å². The standard InChI is InChI=1S/C12H7F3N4O2/c13-12(14,15)8-3-1-2-4-9(8)18-19-6-7(5-16)10(20)17-11(19)21/h1-4,6,18H,(H,17,20,21). The van der Waals surface area contributed by atoms with Crippen LogP contribution in [0.2, 0.25) is 0 Å². The number of alkyl halides is 3. The molecule has 108 valence electrons. The summed E-state index contributed by atoms with van der Waals surface area (Å²) in [6.07, 6.45) is -3.79. The SMILES string of the molecule is N#Cc1cn(Nc2ccccc2C(F)(F)F)c(=O)[nH]c1=O. The molecule has 6 nitrogen and oxygen atoms in total. The van der Waals surface area contributed by atoms with E-state index >= 15 is 0 Å². The van der Waals surface area contributed by atoms with Crippen molar-refractivity contribution >= 4 is 5.69 Å². The highest BCUT2D eigenvalue weighted by Gasteiger charge is 2.33. The van der Waals surface area contributed by atoms with E-state index in [1.54, 1.807) is 0 Å². The second kappa shape index (κ2) is 5.16. The lowest BCUT2D eigenvalue weighted by Gasteiger charge is -2.15. The first kappa shape index (κ1) is 14.4. The van der Waals surface area contributed by atoms with Gasteiger partial charge in [-0.15, -0.1) is 0 Å². The van der Waals surface area contributed by atoms with Gasteiger partial charge in [-0.25, -0.2) is 9.47 Å². The summed E-state index contributed by atoms with van der Waals surface area (Å²) in [5.41, 5.74) is -1.47. The Bertz CT molecular complexity index is 830. The van der Waals surface area contributed by atoms with Gasteiger partial charge in [-0.05, 0) is 12.1 Å². The molecule has 2 rings (SSSR count). The van der Waals surface area contributed by atoms with Gasteiger partial charge in [0.05, 0.1) is 17.4 Å². The van der Waals surface area contributed by atoms with E-state index in [0.29, 0.717) is 4.68 Å². The monoisotopic (exact) mass is 296 g/mol. The van der Waals surface area contributed by atoms with Crippen molar-refractivity contribution in [2.24, 2.45) is 0 Å². The molecule has 0 aliphatic carbocycles. The molecule has 0 bridgehead atoms. The Balaban J connectivity index is 2.52. The molecule has 0 fully saturated rings. The Morgan fingerprint density at radius 1 is 1.24 bits per heavy atom. The zero-order chi connectivity index (χ0) is 15.6. The maximum Gasteiger partial charge on any atom is 0.418 e. The maximum absolute atomic E-state index is 12.8. The smallest absolute Gasteiger partial charge is 0.290 e. The number of hydrogen-bond donors (Lipinski definition) is 2. The number of aromatic nitrogens is 2. The maximum atomic E-state index is 12.8. The molecule has 21 heavy (non-hydrogen) atoms. The van der Waals surface area contributed by atoms with E-state index in [1.165, 1.54) is 18.2 Å². The molecule has 0 radical (unpaired) electrons. The minimum Gasteiger partial charge on any atom is -0.290 e. The van der Waals surface area contributed by atoms with Gasteiger partial charge in [-0.3, -0.25) is 15.2 Å². The lowest BCUT2D eigenvalue weighted by atomic mass is 10.2. The van der Waals surface area contributed by atoms with Gasteiger partial charge in [-0.1, -0.05) is 12.1 Å². The van der Waals surface area contributed by atoms with Gasteiger partial charge in [0.2, 0.25) is 0 Å². The zero-order valence-corrected chi connectivity index (χ0v) is 10.2. The van der Waals surface area contributed by atoms with E-state index in [1.807, 2.05) is 4.98 Å². The molecule has 2 N–H and O–H groups in total. The number of nitrogens with one attached hydrogen (secondary N) is 2.